The summed E-state index contributed by atoms with van der Waals surface area (Å²) in [6.45, 7) is 4.13. The summed E-state index contributed by atoms with van der Waals surface area (Å²) in [5.74, 6) is -1.62. The lowest BCUT2D eigenvalue weighted by Gasteiger charge is -2.18. The van der Waals surface area contributed by atoms with Crippen molar-refractivity contribution in [2.75, 3.05) is 20.3 Å². The maximum Gasteiger partial charge on any atom is 0.266 e. The fraction of sp³-hybridized carbons (Fsp3) is 0.333. The van der Waals surface area contributed by atoms with Gasteiger partial charge in [-0.15, -0.1) is 0 Å². The van der Waals surface area contributed by atoms with Crippen LogP contribution in [-0.2, 0) is 10.3 Å². The number of nitrogens with zero attached hydrogens (tertiary/aromatic N) is 4. The molecule has 1 saturated heterocycles. The first-order valence-electron chi connectivity index (χ1n) is 12.2. The summed E-state index contributed by atoms with van der Waals surface area (Å²) in [4.78, 5) is 21.2. The molecule has 0 aliphatic carbocycles. The molecule has 4 heterocycles. The first-order chi connectivity index (χ1) is 18.6. The Morgan fingerprint density at radius 2 is 2.03 bits per heavy atom. The van der Waals surface area contributed by atoms with E-state index in [0.717, 1.165) is 6.07 Å². The first kappa shape index (κ1) is 26.6. The van der Waals surface area contributed by atoms with Crippen molar-refractivity contribution in [1.82, 2.24) is 24.9 Å². The molecule has 1 amide bonds. The summed E-state index contributed by atoms with van der Waals surface area (Å²) in [5, 5.41) is 16.9. The Hall–Kier alpha value is -4.03. The number of rotatable bonds is 7. The quantitative estimate of drug-likeness (QED) is 0.359. The highest BCUT2D eigenvalue weighted by atomic mass is 19.3. The summed E-state index contributed by atoms with van der Waals surface area (Å²) in [5.41, 5.74) is -0.554. The molecule has 0 unspecified atom stereocenters. The van der Waals surface area contributed by atoms with Crippen molar-refractivity contribution in [3.63, 3.8) is 0 Å². The molecule has 12 heteroatoms. The van der Waals surface area contributed by atoms with E-state index in [2.05, 4.69) is 20.4 Å². The third-order valence-corrected chi connectivity index (χ3v) is 6.44. The van der Waals surface area contributed by atoms with Gasteiger partial charge in [-0.1, -0.05) is 6.07 Å². The third-order valence-electron chi connectivity index (χ3n) is 6.44. The molecular weight excluding hydrogens is 515 g/mol. The van der Waals surface area contributed by atoms with Crippen LogP contribution in [0, 0.1) is 5.82 Å². The van der Waals surface area contributed by atoms with E-state index in [1.165, 1.54) is 23.8 Å². The van der Waals surface area contributed by atoms with E-state index >= 15 is 4.39 Å². The van der Waals surface area contributed by atoms with E-state index in [1.807, 2.05) is 0 Å². The summed E-state index contributed by atoms with van der Waals surface area (Å²) in [6, 6.07) is 5.46. The lowest BCUT2D eigenvalue weighted by Crippen LogP contribution is -2.18. The highest BCUT2D eigenvalue weighted by molar-refractivity contribution is 5.96. The molecule has 0 spiro atoms. The summed E-state index contributed by atoms with van der Waals surface area (Å²) in [7, 11) is 1.35. The highest BCUT2D eigenvalue weighted by Crippen LogP contribution is 2.37. The van der Waals surface area contributed by atoms with Crippen molar-refractivity contribution in [2.24, 2.45) is 0 Å². The Labute approximate surface area is 221 Å². The van der Waals surface area contributed by atoms with Gasteiger partial charge < -0.3 is 19.9 Å². The molecule has 1 aromatic carbocycles. The Morgan fingerprint density at radius 1 is 1.23 bits per heavy atom. The molecule has 1 aliphatic rings. The number of carbonyl (C=O) groups excluding carboxylic acids is 1. The molecule has 0 radical (unpaired) electrons. The average molecular weight is 542 g/mol. The number of ether oxygens (including phenoxy) is 2. The summed E-state index contributed by atoms with van der Waals surface area (Å²) >= 11 is 0. The van der Waals surface area contributed by atoms with Crippen molar-refractivity contribution in [2.45, 2.75) is 38.4 Å². The molecule has 0 saturated carbocycles. The van der Waals surface area contributed by atoms with Gasteiger partial charge in [-0.05, 0) is 32.0 Å². The lowest BCUT2D eigenvalue weighted by atomic mass is 10.00. The predicted molar refractivity (Wildman–Crippen MR) is 135 cm³/mol. The molecule has 2 N–H and O–H groups in total. The Kier molecular flexibility index (Phi) is 7.00. The van der Waals surface area contributed by atoms with Crippen LogP contribution in [0.15, 0.2) is 42.9 Å². The van der Waals surface area contributed by atoms with Crippen molar-refractivity contribution in [3.8, 4) is 28.1 Å². The number of alkyl halides is 2. The van der Waals surface area contributed by atoms with E-state index < -0.39 is 29.3 Å². The number of aliphatic hydroxyl groups is 1. The lowest BCUT2D eigenvalue weighted by molar-refractivity contribution is 0.0738. The zero-order valence-electron chi connectivity index (χ0n) is 21.4. The zero-order chi connectivity index (χ0) is 27.9. The number of carbonyl (C=O) groups is 1. The molecule has 1 fully saturated rings. The summed E-state index contributed by atoms with van der Waals surface area (Å²) < 4.78 is 55.6. The molecule has 9 nitrogen and oxygen atoms in total. The second-order valence-electron chi connectivity index (χ2n) is 9.69. The monoisotopic (exact) mass is 541 g/mol. The average Bonchev–Trinajstić information content (AvgIpc) is 3.57. The van der Waals surface area contributed by atoms with E-state index in [0.29, 0.717) is 36.5 Å². The Bertz CT molecular complexity index is 1530. The van der Waals surface area contributed by atoms with Crippen molar-refractivity contribution in [1.29, 1.82) is 0 Å². The number of amides is 1. The number of benzene rings is 1. The molecular formula is C27H26F3N5O4. The highest BCUT2D eigenvalue weighted by Gasteiger charge is 2.26. The number of hydrogen-bond donors (Lipinski definition) is 2. The van der Waals surface area contributed by atoms with Crippen molar-refractivity contribution >= 4 is 11.6 Å². The molecule has 1 atom stereocenters. The number of nitrogens with one attached hydrogen (secondary N) is 1. The third kappa shape index (κ3) is 5.17. The van der Waals surface area contributed by atoms with Crippen LogP contribution >= 0.6 is 0 Å². The molecule has 3 aromatic heterocycles. The number of fused-ring (bicyclic) bond motifs is 1. The second-order valence-corrected chi connectivity index (χ2v) is 9.69. The number of halogens is 3. The maximum atomic E-state index is 15.3. The van der Waals surface area contributed by atoms with Gasteiger partial charge in [-0.2, -0.15) is 10.1 Å². The first-order valence-corrected chi connectivity index (χ1v) is 12.2. The minimum absolute atomic E-state index is 0.106. The van der Waals surface area contributed by atoms with Gasteiger partial charge in [-0.3, -0.25) is 9.78 Å². The van der Waals surface area contributed by atoms with Crippen LogP contribution in [0.4, 0.5) is 13.2 Å². The zero-order valence-corrected chi connectivity index (χ0v) is 21.4. The van der Waals surface area contributed by atoms with Gasteiger partial charge >= 0.3 is 0 Å². The van der Waals surface area contributed by atoms with Crippen LogP contribution in [0.25, 0.3) is 27.9 Å². The van der Waals surface area contributed by atoms with Crippen LogP contribution in [0.5, 0.6) is 5.88 Å². The predicted octanol–water partition coefficient (Wildman–Crippen LogP) is 4.29. The molecule has 1 aliphatic heterocycles. The van der Waals surface area contributed by atoms with Gasteiger partial charge in [0, 0.05) is 48.1 Å². The smallest absolute Gasteiger partial charge is 0.266 e. The summed E-state index contributed by atoms with van der Waals surface area (Å²) in [6.07, 6.45) is 1.69. The second kappa shape index (κ2) is 10.3. The normalized spacial score (nSPS) is 15.7. The fourth-order valence-electron chi connectivity index (χ4n) is 4.33. The van der Waals surface area contributed by atoms with Gasteiger partial charge in [0.25, 0.3) is 12.3 Å². The van der Waals surface area contributed by atoms with Gasteiger partial charge in [0.1, 0.15) is 17.5 Å². The number of pyridine rings is 1. The van der Waals surface area contributed by atoms with Crippen LogP contribution in [0.2, 0.25) is 0 Å². The van der Waals surface area contributed by atoms with Crippen LogP contribution < -0.4 is 10.1 Å². The van der Waals surface area contributed by atoms with E-state index in [-0.39, 0.29) is 34.3 Å². The van der Waals surface area contributed by atoms with Gasteiger partial charge in [0.15, 0.2) is 5.65 Å². The van der Waals surface area contributed by atoms with E-state index in [1.54, 1.807) is 38.4 Å². The topological polar surface area (TPSA) is 111 Å². The van der Waals surface area contributed by atoms with Gasteiger partial charge in [0.05, 0.1) is 36.2 Å². The minimum atomic E-state index is -3.14. The Balaban J connectivity index is 1.68. The van der Waals surface area contributed by atoms with Crippen LogP contribution in [0.1, 0.15) is 48.3 Å². The molecule has 4 aromatic rings. The Morgan fingerprint density at radius 3 is 2.64 bits per heavy atom. The van der Waals surface area contributed by atoms with Gasteiger partial charge in [0.2, 0.25) is 5.88 Å². The molecule has 204 valence electrons. The molecule has 5 rings (SSSR count). The van der Waals surface area contributed by atoms with Crippen LogP contribution in [0.3, 0.4) is 0 Å². The minimum Gasteiger partial charge on any atom is -0.471 e. The molecule has 39 heavy (non-hydrogen) atoms. The van der Waals surface area contributed by atoms with Gasteiger partial charge in [-0.25, -0.2) is 17.7 Å². The van der Waals surface area contributed by atoms with Crippen LogP contribution in [-0.4, -0.2) is 57.0 Å². The maximum absolute atomic E-state index is 15.3. The number of hydrogen-bond acceptors (Lipinski definition) is 7. The van der Waals surface area contributed by atoms with E-state index in [4.69, 9.17) is 9.47 Å². The standard InChI is InChI=1S/C27H26F3N5O4/c1-27(2,37)21-5-4-14(10-32-21)20-12-35-24(34-26(20)39-16-6-7-38-13-16)19(11-33-35)17-8-15(25(36)31-3)9-18(22(17)28)23(29)30/h4-5,8-12,16,23,37H,6-7,13H2,1-3H3,(H,31,36)/t16-/m0/s1. The fourth-order valence-corrected chi connectivity index (χ4v) is 4.33. The van der Waals surface area contributed by atoms with Crippen molar-refractivity contribution < 1.29 is 32.5 Å². The SMILES string of the molecule is CNC(=O)c1cc(-c2cnn3cc(-c4ccc(C(C)(C)O)nc4)c(O[C@H]4CCOC4)nc23)c(F)c(C(F)F)c1. The van der Waals surface area contributed by atoms with E-state index in [9.17, 15) is 18.7 Å². The number of aromatic nitrogens is 4. The molecule has 0 bridgehead atoms. The largest absolute Gasteiger partial charge is 0.471 e. The van der Waals surface area contributed by atoms with Crippen molar-refractivity contribution in [3.05, 3.63) is 65.5 Å².